The van der Waals surface area contributed by atoms with Gasteiger partial charge in [0.05, 0.1) is 22.2 Å². The molecule has 1 aromatic heterocycles. The van der Waals surface area contributed by atoms with E-state index >= 15 is 0 Å². The van der Waals surface area contributed by atoms with Crippen molar-refractivity contribution in [3.63, 3.8) is 0 Å². The maximum atomic E-state index is 14.8. The topological polar surface area (TPSA) is 112 Å². The van der Waals surface area contributed by atoms with Gasteiger partial charge in [-0.05, 0) is 30.9 Å². The van der Waals surface area contributed by atoms with Crippen LogP contribution < -0.4 is 10.6 Å². The molecule has 0 spiro atoms. The third-order valence-corrected chi connectivity index (χ3v) is 7.11. The van der Waals surface area contributed by atoms with Gasteiger partial charge in [-0.25, -0.2) is 9.37 Å². The van der Waals surface area contributed by atoms with Crippen molar-refractivity contribution >= 4 is 29.1 Å². The summed E-state index contributed by atoms with van der Waals surface area (Å²) in [7, 11) is 0. The van der Waals surface area contributed by atoms with E-state index in [1.54, 1.807) is 16.8 Å². The predicted octanol–water partition coefficient (Wildman–Crippen LogP) is 1.70. The maximum absolute atomic E-state index is 14.8. The van der Waals surface area contributed by atoms with Crippen molar-refractivity contribution in [2.75, 3.05) is 6.54 Å². The number of nitrogens with one attached hydrogen (secondary N) is 2. The van der Waals surface area contributed by atoms with Gasteiger partial charge < -0.3 is 20.6 Å². The fourth-order valence-electron chi connectivity index (χ4n) is 4.16. The number of hydrogen-bond donors (Lipinski definition) is 3. The summed E-state index contributed by atoms with van der Waals surface area (Å²) in [6.07, 6.45) is -0.478. The number of aryl methyl sites for hydroxylation is 1. The summed E-state index contributed by atoms with van der Waals surface area (Å²) in [4.78, 5) is 44.0. The number of alkyl halides is 1. The number of amides is 3. The molecule has 1 saturated heterocycles. The van der Waals surface area contributed by atoms with Crippen LogP contribution in [0.25, 0.3) is 10.4 Å². The van der Waals surface area contributed by atoms with E-state index in [-0.39, 0.29) is 32.4 Å². The average molecular weight is 475 g/mol. The molecule has 3 amide bonds. The van der Waals surface area contributed by atoms with Crippen LogP contribution in [-0.2, 0) is 20.9 Å². The molecule has 8 nitrogen and oxygen atoms in total. The minimum absolute atomic E-state index is 0.0627. The summed E-state index contributed by atoms with van der Waals surface area (Å²) in [6.45, 7) is 3.34. The fraction of sp³-hybridized carbons (Fsp3) is 0.478. The zero-order valence-corrected chi connectivity index (χ0v) is 19.3. The lowest BCUT2D eigenvalue weighted by Gasteiger charge is -2.30. The number of rotatable bonds is 7. The third kappa shape index (κ3) is 5.06. The molecule has 1 aliphatic heterocycles. The maximum Gasteiger partial charge on any atom is 0.249 e. The largest absolute Gasteiger partial charge is 0.391 e. The number of aliphatic hydroxyl groups is 1. The molecule has 1 aliphatic carbocycles. The Hall–Kier alpha value is -2.85. The predicted molar refractivity (Wildman–Crippen MR) is 121 cm³/mol. The van der Waals surface area contributed by atoms with Gasteiger partial charge in [-0.2, -0.15) is 0 Å². The van der Waals surface area contributed by atoms with Crippen molar-refractivity contribution in [2.45, 2.75) is 63.5 Å². The van der Waals surface area contributed by atoms with Crippen LogP contribution in [0, 0.1) is 6.92 Å². The number of hydrogen-bond acceptors (Lipinski definition) is 6. The third-order valence-electron chi connectivity index (χ3n) is 6.13. The number of nitrogens with zero attached hydrogens (tertiary/aromatic N) is 2. The van der Waals surface area contributed by atoms with E-state index in [2.05, 4.69) is 15.6 Å². The van der Waals surface area contributed by atoms with Crippen LogP contribution in [0.1, 0.15) is 37.4 Å². The van der Waals surface area contributed by atoms with E-state index in [0.717, 1.165) is 21.7 Å². The van der Waals surface area contributed by atoms with Gasteiger partial charge >= 0.3 is 0 Å². The van der Waals surface area contributed by atoms with Gasteiger partial charge in [-0.15, -0.1) is 11.3 Å². The summed E-state index contributed by atoms with van der Waals surface area (Å²) >= 11 is 1.56. The van der Waals surface area contributed by atoms with E-state index in [1.807, 2.05) is 31.2 Å². The van der Waals surface area contributed by atoms with Gasteiger partial charge in [-0.1, -0.05) is 24.3 Å². The number of likely N-dealkylation sites (tertiary alicyclic amines) is 1. The Kier molecular flexibility index (Phi) is 6.49. The van der Waals surface area contributed by atoms with Crippen molar-refractivity contribution in [1.82, 2.24) is 20.5 Å². The van der Waals surface area contributed by atoms with Crippen molar-refractivity contribution < 1.29 is 23.9 Å². The second-order valence-corrected chi connectivity index (χ2v) is 9.60. The molecular weight excluding hydrogens is 447 g/mol. The van der Waals surface area contributed by atoms with Crippen LogP contribution in [0.15, 0.2) is 29.8 Å². The minimum atomic E-state index is -1.80. The van der Waals surface area contributed by atoms with Gasteiger partial charge in [0, 0.05) is 26.4 Å². The quantitative estimate of drug-likeness (QED) is 0.566. The van der Waals surface area contributed by atoms with Gasteiger partial charge in [0.1, 0.15) is 17.8 Å². The first-order valence-electron chi connectivity index (χ1n) is 10.9. The Labute approximate surface area is 195 Å². The lowest BCUT2D eigenvalue weighted by atomic mass is 10.1. The number of aromatic nitrogens is 1. The molecule has 2 heterocycles. The molecule has 3 N–H and O–H groups in total. The zero-order chi connectivity index (χ0) is 23.8. The number of halogens is 1. The van der Waals surface area contributed by atoms with Crippen LogP contribution in [0.3, 0.4) is 0 Å². The molecule has 0 radical (unpaired) electrons. The molecular formula is C23H27FN4O4S. The summed E-state index contributed by atoms with van der Waals surface area (Å²) in [5.74, 6) is -1.62. The number of carbonyl (C=O) groups is 3. The Morgan fingerprint density at radius 3 is 2.58 bits per heavy atom. The van der Waals surface area contributed by atoms with Gasteiger partial charge in [0.15, 0.2) is 0 Å². The first-order chi connectivity index (χ1) is 15.7. The van der Waals surface area contributed by atoms with Crippen molar-refractivity contribution in [1.29, 1.82) is 0 Å². The number of aliphatic hydroxyl groups excluding tert-OH is 1. The normalized spacial score (nSPS) is 22.0. The molecule has 0 bridgehead atoms. The number of benzene rings is 1. The highest BCUT2D eigenvalue weighted by Crippen LogP contribution is 2.44. The Bertz CT molecular complexity index is 1050. The lowest BCUT2D eigenvalue weighted by molar-refractivity contribution is -0.143. The molecule has 0 unspecified atom stereocenters. The highest BCUT2D eigenvalue weighted by Gasteiger charge is 2.56. The number of β-amino-alcohol motifs (C(OH)–C–C–N with tert-alkyl or cyclic N) is 1. The van der Waals surface area contributed by atoms with Crippen molar-refractivity contribution in [3.05, 3.63) is 41.0 Å². The summed E-state index contributed by atoms with van der Waals surface area (Å²) in [5.41, 5.74) is 2.89. The second kappa shape index (κ2) is 9.18. The van der Waals surface area contributed by atoms with Crippen molar-refractivity contribution in [3.8, 4) is 10.4 Å². The molecule has 1 saturated carbocycles. The molecule has 33 heavy (non-hydrogen) atoms. The highest BCUT2D eigenvalue weighted by atomic mass is 32.1. The monoisotopic (exact) mass is 474 g/mol. The molecule has 3 atom stereocenters. The lowest BCUT2D eigenvalue weighted by Crippen LogP contribution is -2.57. The Balaban J connectivity index is 1.41. The standard InChI is InChI=1S/C23H27FN4O4S/c1-13-19(33-12-26-13)16-5-3-15(4-6-16)10-25-21(31)18-9-17(30)11-28(18)22(32)20(27-14(2)29)23(24)7-8-23/h3-6,12,17-18,20,30H,7-11H2,1-2H3,(H,25,31)(H,27,29)/t17-,18+,20-/m1/s1. The van der Waals surface area contributed by atoms with Crippen LogP contribution in [-0.4, -0.2) is 63.1 Å². The molecule has 2 fully saturated rings. The van der Waals surface area contributed by atoms with Crippen molar-refractivity contribution in [2.24, 2.45) is 0 Å². The molecule has 176 valence electrons. The highest BCUT2D eigenvalue weighted by molar-refractivity contribution is 7.13. The molecule has 2 aliphatic rings. The van der Waals surface area contributed by atoms with E-state index in [9.17, 15) is 23.9 Å². The minimum Gasteiger partial charge on any atom is -0.391 e. The number of thiazole rings is 1. The van der Waals surface area contributed by atoms with Crippen LogP contribution in [0.2, 0.25) is 0 Å². The van der Waals surface area contributed by atoms with E-state index in [1.165, 1.54) is 11.8 Å². The molecule has 4 rings (SSSR count). The summed E-state index contributed by atoms with van der Waals surface area (Å²) in [5, 5.41) is 15.3. The first kappa shape index (κ1) is 23.3. The van der Waals surface area contributed by atoms with Crippen LogP contribution in [0.4, 0.5) is 4.39 Å². The van der Waals surface area contributed by atoms with E-state index < -0.39 is 41.6 Å². The van der Waals surface area contributed by atoms with E-state index in [4.69, 9.17) is 0 Å². The summed E-state index contributed by atoms with van der Waals surface area (Å²) in [6, 6.07) is 5.47. The van der Waals surface area contributed by atoms with Gasteiger partial charge in [0.25, 0.3) is 0 Å². The Morgan fingerprint density at radius 1 is 1.30 bits per heavy atom. The SMILES string of the molecule is CC(=O)N[C@H](C(=O)N1C[C@H](O)C[C@H]1C(=O)NCc1ccc(-c2scnc2C)cc1)C1(F)CC1. The molecule has 10 heteroatoms. The zero-order valence-electron chi connectivity index (χ0n) is 18.5. The second-order valence-electron chi connectivity index (χ2n) is 8.75. The van der Waals surface area contributed by atoms with Gasteiger partial charge in [0.2, 0.25) is 17.7 Å². The fourth-order valence-corrected chi connectivity index (χ4v) is 4.97. The first-order valence-corrected chi connectivity index (χ1v) is 11.8. The summed E-state index contributed by atoms with van der Waals surface area (Å²) < 4.78 is 14.8. The molecule has 2 aromatic rings. The van der Waals surface area contributed by atoms with Crippen LogP contribution >= 0.6 is 11.3 Å². The average Bonchev–Trinajstić information content (AvgIpc) is 3.18. The molecule has 1 aromatic carbocycles. The van der Waals surface area contributed by atoms with Crippen LogP contribution in [0.5, 0.6) is 0 Å². The van der Waals surface area contributed by atoms with Gasteiger partial charge in [-0.3, -0.25) is 14.4 Å². The van der Waals surface area contributed by atoms with E-state index in [0.29, 0.717) is 0 Å². The number of carbonyl (C=O) groups excluding carboxylic acids is 3. The Morgan fingerprint density at radius 2 is 2.00 bits per heavy atom. The smallest absolute Gasteiger partial charge is 0.249 e.